The Morgan fingerprint density at radius 3 is 2.33 bits per heavy atom. The molecule has 0 heterocycles. The third-order valence-electron chi connectivity index (χ3n) is 3.31. The van der Waals surface area contributed by atoms with E-state index in [9.17, 15) is 9.59 Å². The van der Waals surface area contributed by atoms with Crippen LogP contribution in [0.3, 0.4) is 0 Å². The third-order valence-corrected chi connectivity index (χ3v) is 3.31. The Morgan fingerprint density at radius 1 is 1.17 bits per heavy atom. The van der Waals surface area contributed by atoms with Crippen molar-refractivity contribution in [3.8, 4) is 0 Å². The van der Waals surface area contributed by atoms with Crippen LogP contribution >= 0.6 is 0 Å². The first kappa shape index (κ1) is 15.0. The number of carbonyl (C=O) groups excluding carboxylic acids is 2. The Labute approximate surface area is 110 Å². The summed E-state index contributed by atoms with van der Waals surface area (Å²) in [5, 5.41) is 5.81. The summed E-state index contributed by atoms with van der Waals surface area (Å²) in [6.07, 6.45) is 4.67. The quantitative estimate of drug-likeness (QED) is 0.760. The average Bonchev–Trinajstić information content (AvgIpc) is 2.79. The predicted octanol–water partition coefficient (Wildman–Crippen LogP) is 1.84. The Kier molecular flexibility index (Phi) is 6.16. The van der Waals surface area contributed by atoms with E-state index in [0.717, 1.165) is 25.7 Å². The van der Waals surface area contributed by atoms with Crippen LogP contribution in [0.1, 0.15) is 52.9 Å². The summed E-state index contributed by atoms with van der Waals surface area (Å²) < 4.78 is 0. The second-order valence-corrected chi connectivity index (χ2v) is 5.79. The van der Waals surface area contributed by atoms with Gasteiger partial charge in [0.1, 0.15) is 0 Å². The van der Waals surface area contributed by atoms with Crippen molar-refractivity contribution in [2.45, 2.75) is 58.9 Å². The molecule has 2 N–H and O–H groups in total. The molecule has 1 atom stereocenters. The van der Waals surface area contributed by atoms with E-state index < -0.39 is 0 Å². The molecule has 1 saturated carbocycles. The Bertz CT molecular complexity index is 284. The molecule has 2 amide bonds. The molecule has 4 nitrogen and oxygen atoms in total. The summed E-state index contributed by atoms with van der Waals surface area (Å²) in [7, 11) is 0. The normalized spacial score (nSPS) is 17.8. The maximum Gasteiger partial charge on any atom is 0.223 e. The highest BCUT2D eigenvalue weighted by Crippen LogP contribution is 2.24. The molecule has 1 aliphatic carbocycles. The molecule has 0 radical (unpaired) electrons. The lowest BCUT2D eigenvalue weighted by Crippen LogP contribution is -2.40. The van der Waals surface area contributed by atoms with Crippen molar-refractivity contribution in [1.82, 2.24) is 10.6 Å². The van der Waals surface area contributed by atoms with E-state index in [1.54, 1.807) is 0 Å². The lowest BCUT2D eigenvalue weighted by molar-refractivity contribution is -0.126. The second kappa shape index (κ2) is 7.39. The van der Waals surface area contributed by atoms with Gasteiger partial charge in [-0.15, -0.1) is 0 Å². The number of carbonyl (C=O) groups is 2. The van der Waals surface area contributed by atoms with E-state index in [-0.39, 0.29) is 23.8 Å². The molecule has 0 bridgehead atoms. The maximum atomic E-state index is 11.9. The highest BCUT2D eigenvalue weighted by atomic mass is 16.2. The van der Waals surface area contributed by atoms with Gasteiger partial charge in [-0.1, -0.05) is 26.7 Å². The third kappa shape index (κ3) is 5.52. The lowest BCUT2D eigenvalue weighted by atomic mass is 10.1. The van der Waals surface area contributed by atoms with Crippen LogP contribution in [0.4, 0.5) is 0 Å². The summed E-state index contributed by atoms with van der Waals surface area (Å²) in [4.78, 5) is 23.5. The Balaban J connectivity index is 2.21. The van der Waals surface area contributed by atoms with Gasteiger partial charge in [-0.3, -0.25) is 9.59 Å². The van der Waals surface area contributed by atoms with Crippen LogP contribution in [0.2, 0.25) is 0 Å². The molecule has 1 rings (SSSR count). The highest BCUT2D eigenvalue weighted by Gasteiger charge is 2.24. The molecule has 0 unspecified atom stereocenters. The van der Waals surface area contributed by atoms with Gasteiger partial charge in [-0.05, 0) is 25.7 Å². The average molecular weight is 254 g/mol. The van der Waals surface area contributed by atoms with E-state index in [1.165, 1.54) is 0 Å². The lowest BCUT2D eigenvalue weighted by Gasteiger charge is -2.17. The second-order valence-electron chi connectivity index (χ2n) is 5.79. The standard InChI is InChI=1S/C14H26N2O2/c1-10(2)9-15-13(17)8-11(3)16-14(18)12-6-4-5-7-12/h10-12H,4-9H2,1-3H3,(H,15,17)(H,16,18)/t11-/m0/s1. The van der Waals surface area contributed by atoms with Crippen LogP contribution in [0.15, 0.2) is 0 Å². The minimum atomic E-state index is -0.0785. The minimum absolute atomic E-state index is 0.0166. The van der Waals surface area contributed by atoms with Crippen molar-refractivity contribution in [3.63, 3.8) is 0 Å². The molecule has 0 aromatic heterocycles. The summed E-state index contributed by atoms with van der Waals surface area (Å²) in [6.45, 7) is 6.71. The van der Waals surface area contributed by atoms with E-state index in [0.29, 0.717) is 18.9 Å². The van der Waals surface area contributed by atoms with Crippen LogP contribution in [-0.4, -0.2) is 24.4 Å². The first-order valence-electron chi connectivity index (χ1n) is 7.06. The van der Waals surface area contributed by atoms with Gasteiger partial charge in [0.15, 0.2) is 0 Å². The molecule has 0 aromatic rings. The molecule has 104 valence electrons. The molecule has 18 heavy (non-hydrogen) atoms. The van der Waals surface area contributed by atoms with Crippen LogP contribution in [0.5, 0.6) is 0 Å². The zero-order valence-corrected chi connectivity index (χ0v) is 11.8. The first-order chi connectivity index (χ1) is 8.49. The van der Waals surface area contributed by atoms with Crippen LogP contribution < -0.4 is 10.6 Å². The minimum Gasteiger partial charge on any atom is -0.356 e. The largest absolute Gasteiger partial charge is 0.356 e. The predicted molar refractivity (Wildman–Crippen MR) is 72.0 cm³/mol. The Morgan fingerprint density at radius 2 is 1.78 bits per heavy atom. The maximum absolute atomic E-state index is 11.9. The number of rotatable bonds is 6. The number of amides is 2. The molecular formula is C14H26N2O2. The van der Waals surface area contributed by atoms with Crippen molar-refractivity contribution >= 4 is 11.8 Å². The van der Waals surface area contributed by atoms with Crippen molar-refractivity contribution in [2.75, 3.05) is 6.54 Å². The van der Waals surface area contributed by atoms with Crippen molar-refractivity contribution in [3.05, 3.63) is 0 Å². The Hall–Kier alpha value is -1.06. The number of hydrogen-bond acceptors (Lipinski definition) is 2. The van der Waals surface area contributed by atoms with Crippen LogP contribution in [-0.2, 0) is 9.59 Å². The van der Waals surface area contributed by atoms with E-state index in [4.69, 9.17) is 0 Å². The SMILES string of the molecule is CC(C)CNC(=O)C[C@H](C)NC(=O)C1CCCC1. The van der Waals surface area contributed by atoms with Gasteiger partial charge >= 0.3 is 0 Å². The molecule has 0 spiro atoms. The van der Waals surface area contributed by atoms with Crippen LogP contribution in [0, 0.1) is 11.8 Å². The topological polar surface area (TPSA) is 58.2 Å². The zero-order valence-electron chi connectivity index (χ0n) is 11.8. The molecule has 1 aliphatic rings. The van der Waals surface area contributed by atoms with Crippen molar-refractivity contribution in [1.29, 1.82) is 0 Å². The molecular weight excluding hydrogens is 228 g/mol. The summed E-state index contributed by atoms with van der Waals surface area (Å²) in [6, 6.07) is -0.0785. The fraction of sp³-hybridized carbons (Fsp3) is 0.857. The smallest absolute Gasteiger partial charge is 0.223 e. The fourth-order valence-corrected chi connectivity index (χ4v) is 2.27. The van der Waals surface area contributed by atoms with E-state index >= 15 is 0 Å². The fourth-order valence-electron chi connectivity index (χ4n) is 2.27. The summed E-state index contributed by atoms with van der Waals surface area (Å²) in [5.74, 6) is 0.767. The monoisotopic (exact) mass is 254 g/mol. The number of hydrogen-bond donors (Lipinski definition) is 2. The van der Waals surface area contributed by atoms with Crippen LogP contribution in [0.25, 0.3) is 0 Å². The van der Waals surface area contributed by atoms with Gasteiger partial charge in [0.25, 0.3) is 0 Å². The van der Waals surface area contributed by atoms with Gasteiger partial charge in [0, 0.05) is 24.9 Å². The summed E-state index contributed by atoms with van der Waals surface area (Å²) >= 11 is 0. The van der Waals surface area contributed by atoms with Crippen molar-refractivity contribution < 1.29 is 9.59 Å². The molecule has 4 heteroatoms. The van der Waals surface area contributed by atoms with Gasteiger partial charge in [-0.2, -0.15) is 0 Å². The van der Waals surface area contributed by atoms with Gasteiger partial charge < -0.3 is 10.6 Å². The number of nitrogens with one attached hydrogen (secondary N) is 2. The molecule has 0 saturated heterocycles. The molecule has 0 aliphatic heterocycles. The highest BCUT2D eigenvalue weighted by molar-refractivity contribution is 5.81. The van der Waals surface area contributed by atoms with Gasteiger partial charge in [0.05, 0.1) is 0 Å². The van der Waals surface area contributed by atoms with E-state index in [2.05, 4.69) is 24.5 Å². The molecule has 1 fully saturated rings. The van der Waals surface area contributed by atoms with Gasteiger partial charge in [0.2, 0.25) is 11.8 Å². The molecule has 0 aromatic carbocycles. The van der Waals surface area contributed by atoms with Gasteiger partial charge in [-0.25, -0.2) is 0 Å². The van der Waals surface area contributed by atoms with Crippen molar-refractivity contribution in [2.24, 2.45) is 11.8 Å². The first-order valence-corrected chi connectivity index (χ1v) is 7.06. The summed E-state index contributed by atoms with van der Waals surface area (Å²) in [5.41, 5.74) is 0. The zero-order chi connectivity index (χ0) is 13.5. The van der Waals surface area contributed by atoms with E-state index in [1.807, 2.05) is 6.92 Å².